The lowest BCUT2D eigenvalue weighted by molar-refractivity contribution is 0.0756. The Bertz CT molecular complexity index is 667. The SMILES string of the molecule is CN1CCN(C(=O)c2cc(Br)c(Br)s2)Cc2ccccc21. The number of carbonyl (C=O) groups is 1. The fourth-order valence-corrected chi connectivity index (χ4v) is 4.48. The predicted molar refractivity (Wildman–Crippen MR) is 94.2 cm³/mol. The number of hydrogen-bond acceptors (Lipinski definition) is 3. The molecule has 2 aromatic rings. The zero-order valence-corrected chi connectivity index (χ0v) is 15.5. The molecule has 110 valence electrons. The molecule has 1 aromatic heterocycles. The second kappa shape index (κ2) is 6.10. The van der Waals surface area contributed by atoms with Gasteiger partial charge >= 0.3 is 0 Å². The van der Waals surface area contributed by atoms with Crippen LogP contribution in [0.3, 0.4) is 0 Å². The molecule has 1 amide bonds. The van der Waals surface area contributed by atoms with E-state index in [2.05, 4.69) is 55.9 Å². The molecular formula is C15H14Br2N2OS. The van der Waals surface area contributed by atoms with E-state index in [1.165, 1.54) is 22.6 Å². The zero-order chi connectivity index (χ0) is 15.0. The van der Waals surface area contributed by atoms with E-state index in [-0.39, 0.29) is 5.91 Å². The van der Waals surface area contributed by atoms with Crippen LogP contribution in [0.15, 0.2) is 38.6 Å². The van der Waals surface area contributed by atoms with Gasteiger partial charge in [-0.25, -0.2) is 0 Å². The summed E-state index contributed by atoms with van der Waals surface area (Å²) in [7, 11) is 2.07. The van der Waals surface area contributed by atoms with Gasteiger partial charge < -0.3 is 9.80 Å². The number of carbonyl (C=O) groups excluding carboxylic acids is 1. The summed E-state index contributed by atoms with van der Waals surface area (Å²) in [5.41, 5.74) is 2.40. The minimum Gasteiger partial charge on any atom is -0.373 e. The van der Waals surface area contributed by atoms with Crippen LogP contribution in [0, 0.1) is 0 Å². The highest BCUT2D eigenvalue weighted by atomic mass is 79.9. The van der Waals surface area contributed by atoms with Crippen LogP contribution < -0.4 is 4.90 Å². The standard InChI is InChI=1S/C15H14Br2N2OS/c1-18-6-7-19(9-10-4-2-3-5-12(10)18)15(20)13-8-11(16)14(17)21-13/h2-5,8H,6-7,9H2,1H3. The second-order valence-corrected chi connectivity index (χ2v) is 8.23. The van der Waals surface area contributed by atoms with Crippen LogP contribution in [0.25, 0.3) is 0 Å². The Morgan fingerprint density at radius 1 is 1.24 bits per heavy atom. The average molecular weight is 430 g/mol. The summed E-state index contributed by atoms with van der Waals surface area (Å²) in [6.45, 7) is 2.24. The zero-order valence-electron chi connectivity index (χ0n) is 11.5. The highest BCUT2D eigenvalue weighted by molar-refractivity contribution is 9.13. The molecule has 0 fully saturated rings. The molecule has 2 heterocycles. The van der Waals surface area contributed by atoms with Crippen molar-refractivity contribution in [3.63, 3.8) is 0 Å². The number of anilines is 1. The van der Waals surface area contributed by atoms with Gasteiger partial charge in [-0.15, -0.1) is 11.3 Å². The first-order chi connectivity index (χ1) is 10.1. The Hall–Kier alpha value is -0.850. The monoisotopic (exact) mass is 428 g/mol. The number of amides is 1. The van der Waals surface area contributed by atoms with Crippen molar-refractivity contribution >= 4 is 54.8 Å². The summed E-state index contributed by atoms with van der Waals surface area (Å²) < 4.78 is 1.89. The Labute approximate surface area is 144 Å². The maximum atomic E-state index is 12.7. The Morgan fingerprint density at radius 3 is 2.71 bits per heavy atom. The van der Waals surface area contributed by atoms with Crippen LogP contribution >= 0.6 is 43.2 Å². The van der Waals surface area contributed by atoms with E-state index in [0.29, 0.717) is 6.54 Å². The second-order valence-electron chi connectivity index (χ2n) is 5.01. The topological polar surface area (TPSA) is 23.6 Å². The molecule has 0 radical (unpaired) electrons. The molecule has 0 N–H and O–H groups in total. The van der Waals surface area contributed by atoms with Crippen molar-refractivity contribution in [2.75, 3.05) is 25.0 Å². The fraction of sp³-hybridized carbons (Fsp3) is 0.267. The van der Waals surface area contributed by atoms with Crippen molar-refractivity contribution in [3.05, 3.63) is 49.0 Å². The summed E-state index contributed by atoms with van der Waals surface area (Å²) in [6.07, 6.45) is 0. The number of benzene rings is 1. The van der Waals surface area contributed by atoms with Gasteiger partial charge in [0.1, 0.15) is 0 Å². The summed E-state index contributed by atoms with van der Waals surface area (Å²) in [5.74, 6) is 0.0940. The van der Waals surface area contributed by atoms with E-state index >= 15 is 0 Å². The van der Waals surface area contributed by atoms with Gasteiger partial charge in [-0.05, 0) is 49.6 Å². The van der Waals surface area contributed by atoms with Crippen molar-refractivity contribution in [2.45, 2.75) is 6.54 Å². The fourth-order valence-electron chi connectivity index (χ4n) is 2.47. The van der Waals surface area contributed by atoms with Gasteiger partial charge in [-0.3, -0.25) is 4.79 Å². The molecule has 3 rings (SSSR count). The quantitative estimate of drug-likeness (QED) is 0.672. The molecule has 0 saturated heterocycles. The average Bonchev–Trinajstić information content (AvgIpc) is 2.72. The van der Waals surface area contributed by atoms with E-state index in [0.717, 1.165) is 26.2 Å². The maximum Gasteiger partial charge on any atom is 0.264 e. The molecule has 1 aromatic carbocycles. The van der Waals surface area contributed by atoms with Crippen molar-refractivity contribution in [1.82, 2.24) is 4.90 Å². The molecule has 21 heavy (non-hydrogen) atoms. The van der Waals surface area contributed by atoms with Gasteiger partial charge in [0, 0.05) is 36.8 Å². The smallest absolute Gasteiger partial charge is 0.264 e. The van der Waals surface area contributed by atoms with Crippen molar-refractivity contribution in [3.8, 4) is 0 Å². The third-order valence-electron chi connectivity index (χ3n) is 3.61. The van der Waals surface area contributed by atoms with E-state index in [1.807, 2.05) is 23.1 Å². The molecule has 6 heteroatoms. The number of halogens is 2. The Kier molecular flexibility index (Phi) is 4.38. The normalized spacial score (nSPS) is 14.8. The minimum atomic E-state index is 0.0940. The molecule has 0 saturated carbocycles. The molecule has 1 aliphatic rings. The number of nitrogens with zero attached hydrogens (tertiary/aromatic N) is 2. The molecule has 0 aliphatic carbocycles. The van der Waals surface area contributed by atoms with E-state index in [9.17, 15) is 4.79 Å². The van der Waals surface area contributed by atoms with Crippen molar-refractivity contribution in [2.24, 2.45) is 0 Å². The Morgan fingerprint density at radius 2 is 2.00 bits per heavy atom. The molecule has 0 unspecified atom stereocenters. The summed E-state index contributed by atoms with van der Waals surface area (Å²) in [6, 6.07) is 10.2. The van der Waals surface area contributed by atoms with E-state index in [4.69, 9.17) is 0 Å². The number of para-hydroxylation sites is 1. The van der Waals surface area contributed by atoms with Crippen LogP contribution in [0.4, 0.5) is 5.69 Å². The van der Waals surface area contributed by atoms with Crippen LogP contribution in [0.2, 0.25) is 0 Å². The highest BCUT2D eigenvalue weighted by Crippen LogP contribution is 2.33. The number of thiophene rings is 1. The lowest BCUT2D eigenvalue weighted by Crippen LogP contribution is -2.33. The first kappa shape index (κ1) is 15.1. The maximum absolute atomic E-state index is 12.7. The molecule has 1 aliphatic heterocycles. The predicted octanol–water partition coefficient (Wildman–Crippen LogP) is 4.37. The number of fused-ring (bicyclic) bond motifs is 1. The summed E-state index contributed by atoms with van der Waals surface area (Å²) in [5, 5.41) is 0. The first-order valence-corrected chi connectivity index (χ1v) is 8.99. The van der Waals surface area contributed by atoms with Gasteiger partial charge in [-0.1, -0.05) is 18.2 Å². The van der Waals surface area contributed by atoms with Crippen LogP contribution in [0.5, 0.6) is 0 Å². The highest BCUT2D eigenvalue weighted by Gasteiger charge is 2.23. The number of hydrogen-bond donors (Lipinski definition) is 0. The van der Waals surface area contributed by atoms with Crippen LogP contribution in [0.1, 0.15) is 15.2 Å². The van der Waals surface area contributed by atoms with Gasteiger partial charge in [0.05, 0.1) is 8.66 Å². The lowest BCUT2D eigenvalue weighted by Gasteiger charge is -2.20. The molecular weight excluding hydrogens is 416 g/mol. The lowest BCUT2D eigenvalue weighted by atomic mass is 10.1. The Balaban J connectivity index is 1.89. The van der Waals surface area contributed by atoms with Gasteiger partial charge in [-0.2, -0.15) is 0 Å². The molecule has 0 atom stereocenters. The molecule has 0 spiro atoms. The van der Waals surface area contributed by atoms with Crippen LogP contribution in [-0.4, -0.2) is 30.9 Å². The van der Waals surface area contributed by atoms with Crippen molar-refractivity contribution in [1.29, 1.82) is 0 Å². The van der Waals surface area contributed by atoms with Gasteiger partial charge in [0.25, 0.3) is 5.91 Å². The number of rotatable bonds is 1. The van der Waals surface area contributed by atoms with E-state index in [1.54, 1.807) is 0 Å². The van der Waals surface area contributed by atoms with E-state index < -0.39 is 0 Å². The molecule has 3 nitrogen and oxygen atoms in total. The minimum absolute atomic E-state index is 0.0940. The summed E-state index contributed by atoms with van der Waals surface area (Å²) in [4.78, 5) is 17.6. The van der Waals surface area contributed by atoms with Gasteiger partial charge in [0.2, 0.25) is 0 Å². The number of likely N-dealkylation sites (N-methyl/N-ethyl adjacent to an activating group) is 1. The third-order valence-corrected chi connectivity index (χ3v) is 6.86. The first-order valence-electron chi connectivity index (χ1n) is 6.59. The summed E-state index contributed by atoms with van der Waals surface area (Å²) >= 11 is 8.37. The molecule has 0 bridgehead atoms. The largest absolute Gasteiger partial charge is 0.373 e. The third kappa shape index (κ3) is 3.03. The van der Waals surface area contributed by atoms with Crippen molar-refractivity contribution < 1.29 is 4.79 Å². The van der Waals surface area contributed by atoms with Gasteiger partial charge in [0.15, 0.2) is 0 Å². The van der Waals surface area contributed by atoms with Crippen LogP contribution in [-0.2, 0) is 6.54 Å².